The number of Topliss-reactive ketones (excluding diaryl/α,β-unsaturated/α-hetero) is 2. The summed E-state index contributed by atoms with van der Waals surface area (Å²) >= 11 is 0. The van der Waals surface area contributed by atoms with Crippen molar-refractivity contribution in [2.24, 2.45) is 0 Å². The van der Waals surface area contributed by atoms with Gasteiger partial charge in [-0.05, 0) is 13.8 Å². The van der Waals surface area contributed by atoms with Crippen molar-refractivity contribution in [3.05, 3.63) is 12.2 Å². The van der Waals surface area contributed by atoms with Crippen LogP contribution in [0.5, 0.6) is 0 Å². The largest absolute Gasteiger partial charge is 0.457 e. The van der Waals surface area contributed by atoms with Crippen molar-refractivity contribution in [1.29, 1.82) is 0 Å². The van der Waals surface area contributed by atoms with Crippen molar-refractivity contribution in [2.75, 3.05) is 13.2 Å². The van der Waals surface area contributed by atoms with Crippen LogP contribution in [0.25, 0.3) is 0 Å². The van der Waals surface area contributed by atoms with E-state index in [-0.39, 0.29) is 36.8 Å². The Bertz CT molecular complexity index is 355. The van der Waals surface area contributed by atoms with Crippen LogP contribution in [0, 0.1) is 0 Å². The molecule has 0 radical (unpaired) electrons. The summed E-state index contributed by atoms with van der Waals surface area (Å²) < 4.78 is 9.05. The Morgan fingerprint density at radius 2 is 1.41 bits per heavy atom. The lowest BCUT2D eigenvalue weighted by Gasteiger charge is -2.05. The van der Waals surface area contributed by atoms with Gasteiger partial charge in [0.25, 0.3) is 0 Å². The molecule has 17 heavy (non-hydrogen) atoms. The minimum atomic E-state index is -0.833. The summed E-state index contributed by atoms with van der Waals surface area (Å²) in [4.78, 5) is 43.3. The van der Waals surface area contributed by atoms with Gasteiger partial charge in [0, 0.05) is 5.57 Å². The molecule has 6 nitrogen and oxygen atoms in total. The van der Waals surface area contributed by atoms with Crippen LogP contribution in [0.4, 0.5) is 0 Å². The standard InChI is InChI=1S/C11H14O6/c1-7(11(15)17-6-9(3)13)4-10(14)16-5-8(2)12/h1,4-6H2,2-3H3. The average Bonchev–Trinajstić information content (AvgIpc) is 2.22. The SMILES string of the molecule is C=C(CC(=O)OCC(C)=O)C(=O)OCC(C)=O. The quantitative estimate of drug-likeness (QED) is 0.468. The van der Waals surface area contributed by atoms with Gasteiger partial charge in [-0.15, -0.1) is 0 Å². The van der Waals surface area contributed by atoms with Gasteiger partial charge in [0.2, 0.25) is 0 Å². The third-order valence-corrected chi connectivity index (χ3v) is 1.49. The van der Waals surface area contributed by atoms with E-state index in [0.717, 1.165) is 0 Å². The fourth-order valence-electron chi connectivity index (χ4n) is 0.749. The second-order valence-corrected chi connectivity index (χ2v) is 3.42. The molecule has 0 aromatic carbocycles. The van der Waals surface area contributed by atoms with E-state index in [1.54, 1.807) is 0 Å². The van der Waals surface area contributed by atoms with Gasteiger partial charge >= 0.3 is 11.9 Å². The molecular weight excluding hydrogens is 228 g/mol. The molecule has 0 amide bonds. The predicted molar refractivity (Wildman–Crippen MR) is 57.0 cm³/mol. The van der Waals surface area contributed by atoms with E-state index in [1.807, 2.05) is 0 Å². The van der Waals surface area contributed by atoms with Gasteiger partial charge in [0.05, 0.1) is 6.42 Å². The van der Waals surface area contributed by atoms with E-state index < -0.39 is 11.9 Å². The Hall–Kier alpha value is -1.98. The Balaban J connectivity index is 3.99. The van der Waals surface area contributed by atoms with Gasteiger partial charge in [-0.25, -0.2) is 4.79 Å². The minimum Gasteiger partial charge on any atom is -0.457 e. The molecule has 0 bridgehead atoms. The maximum absolute atomic E-state index is 11.2. The normalized spacial score (nSPS) is 9.29. The first-order valence-electron chi connectivity index (χ1n) is 4.82. The third-order valence-electron chi connectivity index (χ3n) is 1.49. The van der Waals surface area contributed by atoms with Crippen LogP contribution in [-0.2, 0) is 28.7 Å². The van der Waals surface area contributed by atoms with Crippen molar-refractivity contribution in [3.63, 3.8) is 0 Å². The van der Waals surface area contributed by atoms with E-state index in [9.17, 15) is 19.2 Å². The van der Waals surface area contributed by atoms with Gasteiger partial charge < -0.3 is 9.47 Å². The zero-order valence-electron chi connectivity index (χ0n) is 9.78. The fraction of sp³-hybridized carbons (Fsp3) is 0.455. The molecule has 0 aliphatic rings. The number of rotatable bonds is 7. The lowest BCUT2D eigenvalue weighted by Crippen LogP contribution is -2.17. The summed E-state index contributed by atoms with van der Waals surface area (Å²) in [7, 11) is 0. The first kappa shape index (κ1) is 15.0. The molecule has 0 aliphatic carbocycles. The molecule has 0 rings (SSSR count). The zero-order chi connectivity index (χ0) is 13.4. The number of esters is 2. The zero-order valence-corrected chi connectivity index (χ0v) is 9.78. The third kappa shape index (κ3) is 7.89. The molecule has 0 atom stereocenters. The minimum absolute atomic E-state index is 0.125. The summed E-state index contributed by atoms with van der Waals surface area (Å²) in [6, 6.07) is 0. The number of carbonyl (C=O) groups excluding carboxylic acids is 4. The molecule has 0 heterocycles. The lowest BCUT2D eigenvalue weighted by atomic mass is 10.2. The maximum Gasteiger partial charge on any atom is 0.334 e. The van der Waals surface area contributed by atoms with Gasteiger partial charge in [0.15, 0.2) is 11.6 Å². The van der Waals surface area contributed by atoms with Crippen LogP contribution in [0.1, 0.15) is 20.3 Å². The van der Waals surface area contributed by atoms with Gasteiger partial charge in [-0.3, -0.25) is 14.4 Å². The number of ketones is 2. The van der Waals surface area contributed by atoms with Crippen molar-refractivity contribution in [2.45, 2.75) is 20.3 Å². The highest BCUT2D eigenvalue weighted by atomic mass is 16.5. The van der Waals surface area contributed by atoms with E-state index in [4.69, 9.17) is 0 Å². The lowest BCUT2D eigenvalue weighted by molar-refractivity contribution is -0.149. The van der Waals surface area contributed by atoms with Gasteiger partial charge in [-0.1, -0.05) is 6.58 Å². The molecule has 0 unspecified atom stereocenters. The number of hydrogen-bond donors (Lipinski definition) is 0. The van der Waals surface area contributed by atoms with Crippen LogP contribution < -0.4 is 0 Å². The molecule has 0 fully saturated rings. The molecule has 0 spiro atoms. The second kappa shape index (κ2) is 7.32. The maximum atomic E-state index is 11.2. The number of carbonyl (C=O) groups is 4. The van der Waals surface area contributed by atoms with Gasteiger partial charge in [-0.2, -0.15) is 0 Å². The molecule has 6 heteroatoms. The van der Waals surface area contributed by atoms with Crippen LogP contribution >= 0.6 is 0 Å². The van der Waals surface area contributed by atoms with Crippen LogP contribution in [-0.4, -0.2) is 36.7 Å². The molecule has 0 aliphatic heterocycles. The van der Waals surface area contributed by atoms with Crippen LogP contribution in [0.3, 0.4) is 0 Å². The highest BCUT2D eigenvalue weighted by Crippen LogP contribution is 2.03. The van der Waals surface area contributed by atoms with E-state index in [1.165, 1.54) is 13.8 Å². The molecule has 94 valence electrons. The first-order chi connectivity index (χ1) is 7.82. The van der Waals surface area contributed by atoms with E-state index in [0.29, 0.717) is 0 Å². The monoisotopic (exact) mass is 242 g/mol. The number of hydrogen-bond acceptors (Lipinski definition) is 6. The average molecular weight is 242 g/mol. The molecule has 0 N–H and O–H groups in total. The summed E-state index contributed by atoms with van der Waals surface area (Å²) in [5, 5.41) is 0. The highest BCUT2D eigenvalue weighted by molar-refractivity contribution is 5.94. The second-order valence-electron chi connectivity index (χ2n) is 3.42. The fourth-order valence-corrected chi connectivity index (χ4v) is 0.749. The highest BCUT2D eigenvalue weighted by Gasteiger charge is 2.15. The van der Waals surface area contributed by atoms with Crippen molar-refractivity contribution in [1.82, 2.24) is 0 Å². The molecule has 0 aromatic heterocycles. The van der Waals surface area contributed by atoms with Gasteiger partial charge in [0.1, 0.15) is 13.2 Å². The summed E-state index contributed by atoms with van der Waals surface area (Å²) in [6.07, 6.45) is -0.371. The molecule has 0 aromatic rings. The van der Waals surface area contributed by atoms with Crippen LogP contribution in [0.2, 0.25) is 0 Å². The Labute approximate surface area is 98.6 Å². The van der Waals surface area contributed by atoms with Crippen molar-refractivity contribution < 1.29 is 28.7 Å². The Kier molecular flexibility index (Phi) is 6.47. The van der Waals surface area contributed by atoms with E-state index >= 15 is 0 Å². The molecular formula is C11H14O6. The Morgan fingerprint density at radius 3 is 1.88 bits per heavy atom. The summed E-state index contributed by atoms with van der Waals surface area (Å²) in [5.41, 5.74) is -0.125. The van der Waals surface area contributed by atoms with Crippen LogP contribution in [0.15, 0.2) is 12.2 Å². The first-order valence-corrected chi connectivity index (χ1v) is 4.82. The summed E-state index contributed by atoms with van der Waals surface area (Å²) in [5.74, 6) is -2.20. The summed E-state index contributed by atoms with van der Waals surface area (Å²) in [6.45, 7) is 5.16. The number of ether oxygens (including phenoxy) is 2. The molecule has 0 saturated heterocycles. The smallest absolute Gasteiger partial charge is 0.334 e. The van der Waals surface area contributed by atoms with E-state index in [2.05, 4.69) is 16.1 Å². The Morgan fingerprint density at radius 1 is 0.941 bits per heavy atom. The van der Waals surface area contributed by atoms with Crippen molar-refractivity contribution >= 4 is 23.5 Å². The topological polar surface area (TPSA) is 86.7 Å². The predicted octanol–water partition coefficient (Wildman–Crippen LogP) is 0.197. The van der Waals surface area contributed by atoms with Crippen molar-refractivity contribution in [3.8, 4) is 0 Å². The molecule has 0 saturated carbocycles.